The van der Waals surface area contributed by atoms with Crippen molar-refractivity contribution in [2.75, 3.05) is 7.11 Å². The molecule has 1 aliphatic carbocycles. The van der Waals surface area contributed by atoms with Crippen molar-refractivity contribution in [3.63, 3.8) is 0 Å². The van der Waals surface area contributed by atoms with Crippen LogP contribution in [0.25, 0.3) is 0 Å². The fourth-order valence-electron chi connectivity index (χ4n) is 1.88. The van der Waals surface area contributed by atoms with Crippen molar-refractivity contribution in [1.82, 2.24) is 10.6 Å². The summed E-state index contributed by atoms with van der Waals surface area (Å²) in [5.41, 5.74) is 1.000. The molecule has 2 N–H and O–H groups in total. The van der Waals surface area contributed by atoms with E-state index in [1.54, 1.807) is 7.11 Å². The van der Waals surface area contributed by atoms with Gasteiger partial charge in [-0.15, -0.1) is 0 Å². The first-order valence-corrected chi connectivity index (χ1v) is 8.15. The smallest absolute Gasteiger partial charge is 0.237 e. The number of hydrogen-bond donors (Lipinski definition) is 2. The zero-order valence-corrected chi connectivity index (χ0v) is 14.7. The molecule has 4 nitrogen and oxygen atoms in total. The highest BCUT2D eigenvalue weighted by Gasteiger charge is 2.25. The Bertz CT molecular complexity index is 504. The summed E-state index contributed by atoms with van der Waals surface area (Å²) in [6, 6.07) is 4.09. The number of hydrogen-bond acceptors (Lipinski definition) is 3. The van der Waals surface area contributed by atoms with Gasteiger partial charge in [-0.2, -0.15) is 0 Å². The van der Waals surface area contributed by atoms with Crippen LogP contribution >= 0.6 is 31.9 Å². The highest BCUT2D eigenvalue weighted by Crippen LogP contribution is 2.32. The van der Waals surface area contributed by atoms with Crippen LogP contribution in [-0.4, -0.2) is 25.1 Å². The van der Waals surface area contributed by atoms with Gasteiger partial charge in [-0.25, -0.2) is 0 Å². The fraction of sp³-hybridized carbons (Fsp3) is 0.500. The maximum absolute atomic E-state index is 11.9. The van der Waals surface area contributed by atoms with Crippen molar-refractivity contribution in [2.45, 2.75) is 38.4 Å². The van der Waals surface area contributed by atoms with Crippen LogP contribution < -0.4 is 15.4 Å². The molecule has 20 heavy (non-hydrogen) atoms. The topological polar surface area (TPSA) is 50.4 Å². The van der Waals surface area contributed by atoms with E-state index in [-0.39, 0.29) is 11.9 Å². The lowest BCUT2D eigenvalue weighted by molar-refractivity contribution is -0.122. The second-order valence-corrected chi connectivity index (χ2v) is 6.74. The van der Waals surface area contributed by atoms with E-state index in [2.05, 4.69) is 42.5 Å². The highest BCUT2D eigenvalue weighted by atomic mass is 79.9. The molecule has 1 unspecified atom stereocenters. The number of amides is 1. The Morgan fingerprint density at radius 2 is 2.15 bits per heavy atom. The molecule has 110 valence electrons. The van der Waals surface area contributed by atoms with Gasteiger partial charge in [0.05, 0.1) is 17.6 Å². The highest BCUT2D eigenvalue weighted by molar-refractivity contribution is 9.11. The number of halogens is 2. The van der Waals surface area contributed by atoms with Crippen molar-refractivity contribution in [3.05, 3.63) is 26.6 Å². The molecule has 2 rings (SSSR count). The summed E-state index contributed by atoms with van der Waals surface area (Å²) in [5, 5.41) is 6.22. The molecule has 1 amide bonds. The maximum atomic E-state index is 11.9. The van der Waals surface area contributed by atoms with Crippen LogP contribution in [-0.2, 0) is 11.3 Å². The van der Waals surface area contributed by atoms with Gasteiger partial charge in [-0.3, -0.25) is 4.79 Å². The van der Waals surface area contributed by atoms with Gasteiger partial charge in [0, 0.05) is 22.6 Å². The monoisotopic (exact) mass is 404 g/mol. The lowest BCUT2D eigenvalue weighted by Gasteiger charge is -2.16. The van der Waals surface area contributed by atoms with Gasteiger partial charge in [0.2, 0.25) is 5.91 Å². The van der Waals surface area contributed by atoms with Gasteiger partial charge in [0.25, 0.3) is 0 Å². The van der Waals surface area contributed by atoms with E-state index in [0.717, 1.165) is 33.1 Å². The Kier molecular flexibility index (Phi) is 5.46. The van der Waals surface area contributed by atoms with Gasteiger partial charge in [-0.1, -0.05) is 15.9 Å². The van der Waals surface area contributed by atoms with E-state index >= 15 is 0 Å². The minimum atomic E-state index is -0.224. The van der Waals surface area contributed by atoms with Crippen LogP contribution in [0.4, 0.5) is 0 Å². The Balaban J connectivity index is 1.97. The zero-order chi connectivity index (χ0) is 14.7. The first kappa shape index (κ1) is 15.8. The normalized spacial score (nSPS) is 15.8. The van der Waals surface area contributed by atoms with Crippen LogP contribution in [0.15, 0.2) is 21.1 Å². The number of benzene rings is 1. The molecule has 0 saturated heterocycles. The van der Waals surface area contributed by atoms with Crippen LogP contribution in [0.3, 0.4) is 0 Å². The minimum absolute atomic E-state index is 0.0560. The number of ether oxygens (including phenoxy) is 1. The van der Waals surface area contributed by atoms with E-state index in [0.29, 0.717) is 12.6 Å². The second kappa shape index (κ2) is 6.91. The summed E-state index contributed by atoms with van der Waals surface area (Å²) in [6.07, 6.45) is 2.20. The molecule has 0 bridgehead atoms. The average molecular weight is 406 g/mol. The summed E-state index contributed by atoms with van der Waals surface area (Å²) in [4.78, 5) is 11.9. The van der Waals surface area contributed by atoms with Crippen molar-refractivity contribution < 1.29 is 9.53 Å². The van der Waals surface area contributed by atoms with Gasteiger partial charge in [-0.05, 0) is 47.8 Å². The van der Waals surface area contributed by atoms with E-state index in [4.69, 9.17) is 4.74 Å². The second-order valence-electron chi connectivity index (χ2n) is 4.97. The molecule has 6 heteroatoms. The standard InChI is InChI=1S/C14H18Br2N2O2/c1-8(14(19)18-11-3-4-11)17-7-9-5-10(15)6-12(16)13(9)20-2/h5-6,8,11,17H,3-4,7H2,1-2H3,(H,18,19). The minimum Gasteiger partial charge on any atom is -0.495 e. The zero-order valence-electron chi connectivity index (χ0n) is 11.5. The van der Waals surface area contributed by atoms with E-state index in [1.807, 2.05) is 19.1 Å². The van der Waals surface area contributed by atoms with Crippen molar-refractivity contribution in [3.8, 4) is 5.75 Å². The molecular weight excluding hydrogens is 388 g/mol. The summed E-state index contributed by atoms with van der Waals surface area (Å²) >= 11 is 6.93. The molecule has 1 saturated carbocycles. The Morgan fingerprint density at radius 3 is 2.75 bits per heavy atom. The molecule has 0 aromatic heterocycles. The van der Waals surface area contributed by atoms with Crippen LogP contribution in [0.2, 0.25) is 0 Å². The van der Waals surface area contributed by atoms with E-state index in [9.17, 15) is 4.79 Å². The molecule has 1 fully saturated rings. The SMILES string of the molecule is COc1c(Br)cc(Br)cc1CNC(C)C(=O)NC1CC1. The van der Waals surface area contributed by atoms with Gasteiger partial charge in [0.1, 0.15) is 5.75 Å². The molecule has 1 atom stereocenters. The third-order valence-electron chi connectivity index (χ3n) is 3.21. The lowest BCUT2D eigenvalue weighted by Crippen LogP contribution is -2.42. The molecule has 0 spiro atoms. The number of methoxy groups -OCH3 is 1. The van der Waals surface area contributed by atoms with Crippen LogP contribution in [0.5, 0.6) is 5.75 Å². The molecule has 0 aliphatic heterocycles. The average Bonchev–Trinajstić information content (AvgIpc) is 3.19. The number of nitrogens with one attached hydrogen (secondary N) is 2. The number of rotatable bonds is 6. The van der Waals surface area contributed by atoms with E-state index < -0.39 is 0 Å². The quantitative estimate of drug-likeness (QED) is 0.764. The Labute approximate surface area is 135 Å². The molecule has 1 aliphatic rings. The third-order valence-corrected chi connectivity index (χ3v) is 4.25. The predicted octanol–water partition coefficient (Wildman–Crippen LogP) is 2.98. The van der Waals surface area contributed by atoms with Crippen LogP contribution in [0, 0.1) is 0 Å². The summed E-state index contributed by atoms with van der Waals surface area (Å²) in [7, 11) is 1.64. The fourth-order valence-corrected chi connectivity index (χ4v) is 3.36. The molecule has 0 radical (unpaired) electrons. The van der Waals surface area contributed by atoms with Crippen molar-refractivity contribution >= 4 is 37.8 Å². The first-order valence-electron chi connectivity index (χ1n) is 6.57. The first-order chi connectivity index (χ1) is 9.51. The third kappa shape index (κ3) is 4.20. The number of carbonyl (C=O) groups is 1. The number of carbonyl (C=O) groups excluding carboxylic acids is 1. The van der Waals surface area contributed by atoms with Gasteiger partial charge in [0.15, 0.2) is 0 Å². The largest absolute Gasteiger partial charge is 0.495 e. The Hall–Kier alpha value is -0.590. The predicted molar refractivity (Wildman–Crippen MR) is 85.9 cm³/mol. The lowest BCUT2D eigenvalue weighted by atomic mass is 10.2. The van der Waals surface area contributed by atoms with Crippen molar-refractivity contribution in [1.29, 1.82) is 0 Å². The molecule has 1 aromatic carbocycles. The molecular formula is C14H18Br2N2O2. The summed E-state index contributed by atoms with van der Waals surface area (Å²) < 4.78 is 7.25. The van der Waals surface area contributed by atoms with E-state index in [1.165, 1.54) is 0 Å². The molecule has 1 aromatic rings. The van der Waals surface area contributed by atoms with Crippen molar-refractivity contribution in [2.24, 2.45) is 0 Å². The Morgan fingerprint density at radius 1 is 1.45 bits per heavy atom. The van der Waals surface area contributed by atoms with Crippen LogP contribution in [0.1, 0.15) is 25.3 Å². The van der Waals surface area contributed by atoms with Gasteiger partial charge < -0.3 is 15.4 Å². The maximum Gasteiger partial charge on any atom is 0.237 e. The molecule has 0 heterocycles. The summed E-state index contributed by atoms with van der Waals surface area (Å²) in [6.45, 7) is 2.44. The van der Waals surface area contributed by atoms with Gasteiger partial charge >= 0.3 is 0 Å². The summed E-state index contributed by atoms with van der Waals surface area (Å²) in [5.74, 6) is 0.844.